The lowest BCUT2D eigenvalue weighted by molar-refractivity contribution is -0.0500. The molecule has 9 heteroatoms. The van der Waals surface area contributed by atoms with Gasteiger partial charge in [0.2, 0.25) is 0 Å². The number of phenolic OH excluding ortho intramolecular Hbond substituents is 2. The predicted octanol–water partition coefficient (Wildman–Crippen LogP) is 4.34. The van der Waals surface area contributed by atoms with Gasteiger partial charge in [0.25, 0.3) is 0 Å². The zero-order valence-electron chi connectivity index (χ0n) is 18.5. The molecule has 1 aliphatic carbocycles. The molecule has 0 heterocycles. The molecule has 0 fully saturated rings. The van der Waals surface area contributed by atoms with Crippen molar-refractivity contribution in [3.05, 3.63) is 41.4 Å². The van der Waals surface area contributed by atoms with E-state index in [1.165, 1.54) is 6.08 Å². The molecule has 0 aromatic heterocycles. The molecule has 5 nitrogen and oxygen atoms in total. The fraction of sp³-hybridized carbons (Fsp3) is 0.412. The highest BCUT2D eigenvalue weighted by Crippen LogP contribution is 2.47. The average molecular weight is 397 g/mol. The van der Waals surface area contributed by atoms with E-state index in [0.717, 1.165) is 5.57 Å². The molecular formula is C17H19F3O5S. The number of alkyl halides is 3. The van der Waals surface area contributed by atoms with Gasteiger partial charge in [0.05, 0.1) is 2.74 Å². The summed E-state index contributed by atoms with van der Waals surface area (Å²) < 4.78 is 102. The van der Waals surface area contributed by atoms with Crippen LogP contribution in [-0.4, -0.2) is 24.1 Å². The molecule has 0 aliphatic heterocycles. The van der Waals surface area contributed by atoms with E-state index in [2.05, 4.69) is 4.18 Å². The van der Waals surface area contributed by atoms with Crippen LogP contribution in [0.3, 0.4) is 0 Å². The quantitative estimate of drug-likeness (QED) is 0.449. The number of aromatic hydroxyl groups is 2. The summed E-state index contributed by atoms with van der Waals surface area (Å²) in [6.07, 6.45) is 2.10. The van der Waals surface area contributed by atoms with Crippen molar-refractivity contribution in [1.82, 2.24) is 0 Å². The third-order valence-electron chi connectivity index (χ3n) is 4.05. The van der Waals surface area contributed by atoms with Crippen molar-refractivity contribution in [3.8, 4) is 17.2 Å². The first kappa shape index (κ1) is 14.0. The van der Waals surface area contributed by atoms with Gasteiger partial charge in [-0.25, -0.2) is 0 Å². The van der Waals surface area contributed by atoms with Crippen LogP contribution in [0.15, 0.2) is 35.9 Å². The molecule has 0 saturated heterocycles. The van der Waals surface area contributed by atoms with E-state index < -0.39 is 63.7 Å². The van der Waals surface area contributed by atoms with E-state index >= 15 is 0 Å². The van der Waals surface area contributed by atoms with E-state index in [4.69, 9.17) is 6.85 Å². The lowest BCUT2D eigenvalue weighted by Crippen LogP contribution is -2.28. The van der Waals surface area contributed by atoms with Crippen molar-refractivity contribution in [2.24, 2.45) is 5.92 Å². The van der Waals surface area contributed by atoms with Gasteiger partial charge in [-0.3, -0.25) is 0 Å². The highest BCUT2D eigenvalue weighted by molar-refractivity contribution is 7.88. The van der Waals surface area contributed by atoms with Crippen molar-refractivity contribution in [2.75, 3.05) is 0 Å². The van der Waals surface area contributed by atoms with Crippen LogP contribution >= 0.6 is 0 Å². The van der Waals surface area contributed by atoms with Crippen LogP contribution < -0.4 is 4.18 Å². The minimum atomic E-state index is -6.05. The number of hydrogen-bond donors (Lipinski definition) is 2. The SMILES string of the molecule is [2H]C([2H])=C([C@@H]1CCC(C)=C[C@H]1c1c(O)cc(OS(=O)(=O)C(F)(F)F)cc1O)C([2H])([2H])[2H]. The lowest BCUT2D eigenvalue weighted by Gasteiger charge is -2.31. The molecule has 2 N–H and O–H groups in total. The number of benzene rings is 1. The molecule has 0 saturated carbocycles. The van der Waals surface area contributed by atoms with Gasteiger partial charge in [-0.1, -0.05) is 23.8 Å². The van der Waals surface area contributed by atoms with E-state index in [-0.39, 0.29) is 12.0 Å². The van der Waals surface area contributed by atoms with Gasteiger partial charge in [0.15, 0.2) is 0 Å². The molecular weight excluding hydrogens is 373 g/mol. The van der Waals surface area contributed by atoms with E-state index in [1.54, 1.807) is 6.92 Å². The summed E-state index contributed by atoms with van der Waals surface area (Å²) in [5.74, 6) is -4.71. The highest BCUT2D eigenvalue weighted by Gasteiger charge is 2.48. The molecule has 144 valence electrons. The Morgan fingerprint density at radius 1 is 1.38 bits per heavy atom. The maximum atomic E-state index is 12.5. The summed E-state index contributed by atoms with van der Waals surface area (Å²) in [6, 6.07) is 1.10. The standard InChI is InChI=1S/C17H19F3O5S/c1-9(2)12-5-4-10(3)6-13(12)16-14(21)7-11(8-15(16)22)25-26(23,24)17(18,19)20/h6-8,12-13,21-22H,1,4-5H2,2-3H3/t12-,13+/m0/s1/i1D2,2D3. The second-order valence-electron chi connectivity index (χ2n) is 5.96. The normalized spacial score (nSPS) is 24.3. The minimum absolute atomic E-state index is 0.168. The van der Waals surface area contributed by atoms with Gasteiger partial charge in [0, 0.05) is 27.7 Å². The summed E-state index contributed by atoms with van der Waals surface area (Å²) in [5, 5.41) is 20.7. The molecule has 0 bridgehead atoms. The number of halogens is 3. The van der Waals surface area contributed by atoms with Crippen LogP contribution in [0.5, 0.6) is 17.2 Å². The second-order valence-corrected chi connectivity index (χ2v) is 7.49. The van der Waals surface area contributed by atoms with Crippen LogP contribution in [0.2, 0.25) is 0 Å². The number of phenols is 2. The monoisotopic (exact) mass is 397 g/mol. The van der Waals surface area contributed by atoms with Crippen LogP contribution in [0, 0.1) is 5.92 Å². The summed E-state index contributed by atoms with van der Waals surface area (Å²) in [6.45, 7) is -2.06. The Balaban J connectivity index is 2.60. The maximum Gasteiger partial charge on any atom is 0.534 e. The fourth-order valence-electron chi connectivity index (χ4n) is 2.84. The van der Waals surface area contributed by atoms with Crippen molar-refractivity contribution in [1.29, 1.82) is 0 Å². The highest BCUT2D eigenvalue weighted by atomic mass is 32.2. The number of allylic oxidation sites excluding steroid dienone is 3. The molecule has 26 heavy (non-hydrogen) atoms. The fourth-order valence-corrected chi connectivity index (χ4v) is 3.28. The summed E-state index contributed by atoms with van der Waals surface area (Å²) in [4.78, 5) is 0. The Labute approximate surface area is 156 Å². The first-order chi connectivity index (χ1) is 14.0. The van der Waals surface area contributed by atoms with Crippen LogP contribution in [0.4, 0.5) is 13.2 Å². The molecule has 0 radical (unpaired) electrons. The summed E-state index contributed by atoms with van der Waals surface area (Å²) >= 11 is 0. The zero-order valence-corrected chi connectivity index (χ0v) is 14.3. The van der Waals surface area contributed by atoms with Gasteiger partial charge in [-0.15, -0.1) is 0 Å². The summed E-state index contributed by atoms with van der Waals surface area (Å²) in [7, 11) is -6.05. The van der Waals surface area contributed by atoms with E-state index in [9.17, 15) is 31.8 Å². The van der Waals surface area contributed by atoms with Gasteiger partial charge < -0.3 is 14.4 Å². The molecule has 0 amide bonds. The lowest BCUT2D eigenvalue weighted by atomic mass is 9.74. The van der Waals surface area contributed by atoms with Crippen molar-refractivity contribution >= 4 is 10.1 Å². The van der Waals surface area contributed by atoms with Crippen molar-refractivity contribution in [2.45, 2.75) is 38.0 Å². The van der Waals surface area contributed by atoms with Crippen molar-refractivity contribution in [3.63, 3.8) is 0 Å². The minimum Gasteiger partial charge on any atom is -0.507 e. The van der Waals surface area contributed by atoms with Gasteiger partial charge in [-0.2, -0.15) is 21.6 Å². The predicted molar refractivity (Wildman–Crippen MR) is 89.4 cm³/mol. The van der Waals surface area contributed by atoms with E-state index in [1.807, 2.05) is 0 Å². The van der Waals surface area contributed by atoms with Gasteiger partial charge >= 0.3 is 15.6 Å². The Bertz CT molecular complexity index is 1000. The third kappa shape index (κ3) is 3.98. The van der Waals surface area contributed by atoms with Gasteiger partial charge in [0.1, 0.15) is 17.2 Å². The van der Waals surface area contributed by atoms with Gasteiger partial charge in [-0.05, 0) is 32.5 Å². The maximum absolute atomic E-state index is 12.5. The van der Waals surface area contributed by atoms with Crippen molar-refractivity contribution < 1.29 is 42.8 Å². The second kappa shape index (κ2) is 6.86. The topological polar surface area (TPSA) is 83.8 Å². The summed E-state index contributed by atoms with van der Waals surface area (Å²) in [5.41, 5.74) is -5.77. The first-order valence-corrected chi connectivity index (χ1v) is 8.78. The van der Waals surface area contributed by atoms with E-state index in [0.29, 0.717) is 18.6 Å². The molecule has 2 rings (SSSR count). The Morgan fingerprint density at radius 2 is 2.00 bits per heavy atom. The van der Waals surface area contributed by atoms with Crippen LogP contribution in [-0.2, 0) is 10.1 Å². The third-order valence-corrected chi connectivity index (χ3v) is 5.03. The smallest absolute Gasteiger partial charge is 0.507 e. The molecule has 0 unspecified atom stereocenters. The first-order valence-electron chi connectivity index (χ1n) is 9.87. The molecule has 1 aromatic carbocycles. The average Bonchev–Trinajstić information content (AvgIpc) is 2.53. The Kier molecular flexibility index (Phi) is 3.69. The number of rotatable bonds is 4. The Hall–Kier alpha value is -2.16. The zero-order chi connectivity index (χ0) is 23.9. The molecule has 0 spiro atoms. The number of hydrogen-bond acceptors (Lipinski definition) is 5. The molecule has 1 aromatic rings. The largest absolute Gasteiger partial charge is 0.534 e. The van der Waals surface area contributed by atoms with Crippen LogP contribution in [0.1, 0.15) is 45.0 Å². The molecule has 2 atom stereocenters. The Morgan fingerprint density at radius 3 is 2.50 bits per heavy atom. The molecule has 1 aliphatic rings. The van der Waals surface area contributed by atoms with Crippen LogP contribution in [0.25, 0.3) is 0 Å².